The monoisotopic (exact) mass is 293 g/mol. The number of oxime groups is 1. The number of nitrogens with one attached hydrogen (secondary N) is 1. The second-order valence-electron chi connectivity index (χ2n) is 5.57. The first kappa shape index (κ1) is 15.3. The van der Waals surface area contributed by atoms with Crippen LogP contribution in [0.15, 0.2) is 23.4 Å². The largest absolute Gasteiger partial charge is 0.409 e. The van der Waals surface area contributed by atoms with Crippen LogP contribution in [0.25, 0.3) is 0 Å². The van der Waals surface area contributed by atoms with Gasteiger partial charge in [-0.2, -0.15) is 0 Å². The lowest BCUT2D eigenvalue weighted by Gasteiger charge is -2.36. The fourth-order valence-electron chi connectivity index (χ4n) is 2.79. The molecule has 1 aliphatic carbocycles. The second-order valence-corrected chi connectivity index (χ2v) is 5.57. The highest BCUT2D eigenvalue weighted by atomic mass is 19.1. The molecule has 0 unspecified atom stereocenters. The quantitative estimate of drug-likeness (QED) is 0.346. The fraction of sp³-hybridized carbons (Fsp3) is 0.467. The van der Waals surface area contributed by atoms with Crippen LogP contribution in [0.4, 0.5) is 4.39 Å². The average molecular weight is 293 g/mol. The molecule has 6 heteroatoms. The van der Waals surface area contributed by atoms with Crippen LogP contribution < -0.4 is 11.1 Å². The van der Waals surface area contributed by atoms with E-state index in [9.17, 15) is 9.18 Å². The Hall–Kier alpha value is -2.11. The summed E-state index contributed by atoms with van der Waals surface area (Å²) in [6.45, 7) is 1.75. The van der Waals surface area contributed by atoms with Gasteiger partial charge >= 0.3 is 0 Å². The molecule has 5 nitrogen and oxygen atoms in total. The smallest absolute Gasteiger partial charge is 0.255 e. The van der Waals surface area contributed by atoms with Crippen LogP contribution >= 0.6 is 0 Å². The van der Waals surface area contributed by atoms with Crippen LogP contribution in [0, 0.1) is 12.7 Å². The van der Waals surface area contributed by atoms with E-state index >= 15 is 0 Å². The first-order valence-electron chi connectivity index (χ1n) is 7.05. The van der Waals surface area contributed by atoms with E-state index in [4.69, 9.17) is 10.9 Å². The summed E-state index contributed by atoms with van der Waals surface area (Å²) in [4.78, 5) is 12.3. The number of amides is 1. The molecule has 1 saturated carbocycles. The zero-order valence-electron chi connectivity index (χ0n) is 12.0. The maximum Gasteiger partial charge on any atom is 0.255 e. The van der Waals surface area contributed by atoms with Gasteiger partial charge in [0, 0.05) is 0 Å². The lowest BCUT2D eigenvalue weighted by Crippen LogP contribution is -2.58. The van der Waals surface area contributed by atoms with Crippen molar-refractivity contribution >= 4 is 11.7 Å². The normalized spacial score (nSPS) is 18.3. The maximum atomic E-state index is 13.9. The first-order chi connectivity index (χ1) is 9.98. The maximum absolute atomic E-state index is 13.9. The first-order valence-corrected chi connectivity index (χ1v) is 7.05. The zero-order valence-corrected chi connectivity index (χ0v) is 12.0. The molecule has 0 atom stereocenters. The van der Waals surface area contributed by atoms with Crippen molar-refractivity contribution in [2.45, 2.75) is 44.6 Å². The standard InChI is InChI=1S/C15H20FN3O2/c1-10-5-6-11(12(16)9-10)13(20)18-15(14(17)19-21)7-3-2-4-8-15/h5-6,9,21H,2-4,7-8H2,1H3,(H2,17,19)(H,18,20). The van der Waals surface area contributed by atoms with E-state index in [1.807, 2.05) is 0 Å². The molecule has 21 heavy (non-hydrogen) atoms. The number of carbonyl (C=O) groups excluding carboxylic acids is 1. The van der Waals surface area contributed by atoms with Crippen LogP contribution in [-0.2, 0) is 0 Å². The lowest BCUT2D eigenvalue weighted by molar-refractivity contribution is 0.0901. The molecule has 0 heterocycles. The third-order valence-electron chi connectivity index (χ3n) is 4.03. The number of nitrogens with zero attached hydrogens (tertiary/aromatic N) is 1. The Morgan fingerprint density at radius 1 is 1.38 bits per heavy atom. The van der Waals surface area contributed by atoms with Gasteiger partial charge in [0.25, 0.3) is 5.91 Å². The molecule has 4 N–H and O–H groups in total. The fourth-order valence-corrected chi connectivity index (χ4v) is 2.79. The van der Waals surface area contributed by atoms with Gasteiger partial charge in [-0.15, -0.1) is 0 Å². The number of benzene rings is 1. The Morgan fingerprint density at radius 2 is 2.05 bits per heavy atom. The van der Waals surface area contributed by atoms with Crippen molar-refractivity contribution in [3.63, 3.8) is 0 Å². The molecule has 0 radical (unpaired) electrons. The predicted molar refractivity (Wildman–Crippen MR) is 77.8 cm³/mol. The SMILES string of the molecule is Cc1ccc(C(=O)NC2(/C(N)=N/O)CCCCC2)c(F)c1. The summed E-state index contributed by atoms with van der Waals surface area (Å²) in [6.07, 6.45) is 3.94. The number of hydrogen-bond acceptors (Lipinski definition) is 3. The van der Waals surface area contributed by atoms with Gasteiger partial charge in [-0.25, -0.2) is 4.39 Å². The molecule has 0 bridgehead atoms. The minimum absolute atomic E-state index is 0.0249. The molecule has 1 fully saturated rings. The highest BCUT2D eigenvalue weighted by Gasteiger charge is 2.38. The van der Waals surface area contributed by atoms with Gasteiger partial charge in [-0.3, -0.25) is 4.79 Å². The van der Waals surface area contributed by atoms with E-state index in [0.29, 0.717) is 12.8 Å². The van der Waals surface area contributed by atoms with E-state index in [0.717, 1.165) is 24.8 Å². The van der Waals surface area contributed by atoms with Crippen molar-refractivity contribution in [2.75, 3.05) is 0 Å². The van der Waals surface area contributed by atoms with E-state index in [-0.39, 0.29) is 11.4 Å². The summed E-state index contributed by atoms with van der Waals surface area (Å²) in [5.74, 6) is -1.14. The summed E-state index contributed by atoms with van der Waals surface area (Å²) in [5.41, 5.74) is 5.59. The molecule has 1 aromatic carbocycles. The number of halogens is 1. The summed E-state index contributed by atoms with van der Waals surface area (Å²) >= 11 is 0. The molecule has 2 rings (SSSR count). The highest BCUT2D eigenvalue weighted by molar-refractivity contribution is 6.00. The van der Waals surface area contributed by atoms with Crippen LogP contribution in [0.5, 0.6) is 0 Å². The van der Waals surface area contributed by atoms with E-state index < -0.39 is 17.3 Å². The predicted octanol–water partition coefficient (Wildman–Crippen LogP) is 2.31. The van der Waals surface area contributed by atoms with Gasteiger partial charge in [0.2, 0.25) is 0 Å². The van der Waals surface area contributed by atoms with Crippen molar-refractivity contribution < 1.29 is 14.4 Å². The number of hydrogen-bond donors (Lipinski definition) is 3. The van der Waals surface area contributed by atoms with Gasteiger partial charge in [0.1, 0.15) is 11.4 Å². The Morgan fingerprint density at radius 3 is 2.62 bits per heavy atom. The lowest BCUT2D eigenvalue weighted by atomic mass is 9.80. The van der Waals surface area contributed by atoms with E-state index in [2.05, 4.69) is 10.5 Å². The van der Waals surface area contributed by atoms with Gasteiger partial charge in [-0.1, -0.05) is 30.5 Å². The molecule has 1 amide bonds. The Labute approximate surface area is 123 Å². The summed E-state index contributed by atoms with van der Waals surface area (Å²) in [6, 6.07) is 4.43. The van der Waals surface area contributed by atoms with Crippen LogP contribution in [0.2, 0.25) is 0 Å². The number of carbonyl (C=O) groups is 1. The average Bonchev–Trinajstić information content (AvgIpc) is 2.47. The molecule has 1 aliphatic rings. The van der Waals surface area contributed by atoms with Crippen LogP contribution in [0.3, 0.4) is 0 Å². The third kappa shape index (κ3) is 3.15. The zero-order chi connectivity index (χ0) is 15.5. The number of amidine groups is 1. The van der Waals surface area contributed by atoms with E-state index in [1.165, 1.54) is 12.1 Å². The van der Waals surface area contributed by atoms with Gasteiger partial charge in [0.15, 0.2) is 5.84 Å². The van der Waals surface area contributed by atoms with Crippen molar-refractivity contribution in [3.8, 4) is 0 Å². The number of aryl methyl sites for hydroxylation is 1. The molecule has 114 valence electrons. The minimum Gasteiger partial charge on any atom is -0.409 e. The van der Waals surface area contributed by atoms with Crippen molar-refractivity contribution in [1.29, 1.82) is 0 Å². The second kappa shape index (κ2) is 6.11. The molecule has 1 aromatic rings. The van der Waals surface area contributed by atoms with Gasteiger partial charge in [0.05, 0.1) is 5.56 Å². The Kier molecular flexibility index (Phi) is 4.45. The van der Waals surface area contributed by atoms with E-state index in [1.54, 1.807) is 13.0 Å². The highest BCUT2D eigenvalue weighted by Crippen LogP contribution is 2.29. The summed E-state index contributed by atoms with van der Waals surface area (Å²) < 4.78 is 13.9. The molecular formula is C15H20FN3O2. The van der Waals surface area contributed by atoms with Crippen molar-refractivity contribution in [1.82, 2.24) is 5.32 Å². The van der Waals surface area contributed by atoms with Gasteiger partial charge in [-0.05, 0) is 37.5 Å². The molecule has 0 aromatic heterocycles. The minimum atomic E-state index is -0.887. The van der Waals surface area contributed by atoms with Gasteiger partial charge < -0.3 is 16.3 Å². The molecule has 0 spiro atoms. The number of rotatable bonds is 3. The third-order valence-corrected chi connectivity index (χ3v) is 4.03. The molecule has 0 saturated heterocycles. The van der Waals surface area contributed by atoms with Crippen LogP contribution in [-0.4, -0.2) is 22.5 Å². The molecule has 0 aliphatic heterocycles. The Bertz CT molecular complexity index is 566. The summed E-state index contributed by atoms with van der Waals surface area (Å²) in [7, 11) is 0. The topological polar surface area (TPSA) is 87.7 Å². The Balaban J connectivity index is 2.26. The van der Waals surface area contributed by atoms with Crippen molar-refractivity contribution in [2.24, 2.45) is 10.9 Å². The van der Waals surface area contributed by atoms with Crippen LogP contribution in [0.1, 0.15) is 48.0 Å². The van der Waals surface area contributed by atoms with Crippen molar-refractivity contribution in [3.05, 3.63) is 35.1 Å². The summed E-state index contributed by atoms with van der Waals surface area (Å²) in [5, 5.41) is 14.8. The number of nitrogens with two attached hydrogens (primary N) is 1. The molecular weight excluding hydrogens is 273 g/mol.